The summed E-state index contributed by atoms with van der Waals surface area (Å²) in [7, 11) is 1.71. The highest BCUT2D eigenvalue weighted by atomic mass is 16.3. The molecule has 1 saturated heterocycles. The number of rotatable bonds is 4. The second kappa shape index (κ2) is 5.73. The molecule has 1 aliphatic rings. The van der Waals surface area contributed by atoms with Crippen LogP contribution in [0.3, 0.4) is 0 Å². The number of hydrogen-bond donors (Lipinski definition) is 2. The minimum Gasteiger partial charge on any atom is -0.464 e. The van der Waals surface area contributed by atoms with Gasteiger partial charge < -0.3 is 19.5 Å². The number of hydrogen-bond acceptors (Lipinski definition) is 5. The Kier molecular flexibility index (Phi) is 4.24. The van der Waals surface area contributed by atoms with Gasteiger partial charge in [0, 0.05) is 20.1 Å². The Hall–Kier alpha value is -1.37. The minimum absolute atomic E-state index is 0.0599. The summed E-state index contributed by atoms with van der Waals surface area (Å²) >= 11 is 0. The zero-order valence-corrected chi connectivity index (χ0v) is 11.2. The first-order valence-corrected chi connectivity index (χ1v) is 6.33. The Bertz CT molecular complexity index is 436. The van der Waals surface area contributed by atoms with E-state index < -0.39 is 12.2 Å². The monoisotopic (exact) mass is 268 g/mol. The molecule has 1 aromatic rings. The van der Waals surface area contributed by atoms with Crippen molar-refractivity contribution in [1.29, 1.82) is 0 Å². The summed E-state index contributed by atoms with van der Waals surface area (Å²) in [5.41, 5.74) is 0. The van der Waals surface area contributed by atoms with Crippen molar-refractivity contribution in [3.63, 3.8) is 0 Å². The largest absolute Gasteiger partial charge is 0.464 e. The van der Waals surface area contributed by atoms with Gasteiger partial charge in [-0.3, -0.25) is 9.69 Å². The molecule has 0 saturated carbocycles. The molecule has 6 nitrogen and oxygen atoms in total. The van der Waals surface area contributed by atoms with E-state index in [1.54, 1.807) is 16.8 Å². The molecular weight excluding hydrogens is 248 g/mol. The fourth-order valence-corrected chi connectivity index (χ4v) is 2.18. The van der Waals surface area contributed by atoms with Crippen molar-refractivity contribution in [2.75, 3.05) is 26.7 Å². The highest BCUT2D eigenvalue weighted by Gasteiger charge is 2.31. The van der Waals surface area contributed by atoms with Gasteiger partial charge in [0.1, 0.15) is 11.5 Å². The van der Waals surface area contributed by atoms with Crippen molar-refractivity contribution in [1.82, 2.24) is 9.80 Å². The van der Waals surface area contributed by atoms with E-state index >= 15 is 0 Å². The van der Waals surface area contributed by atoms with Crippen LogP contribution in [0.25, 0.3) is 0 Å². The Morgan fingerprint density at radius 2 is 2.05 bits per heavy atom. The maximum absolute atomic E-state index is 12.0. The van der Waals surface area contributed by atoms with Gasteiger partial charge in [-0.15, -0.1) is 0 Å². The van der Waals surface area contributed by atoms with Gasteiger partial charge in [0.2, 0.25) is 5.91 Å². The number of aliphatic hydroxyl groups is 2. The molecule has 6 heteroatoms. The molecule has 2 rings (SSSR count). The number of β-amino-alcohol motifs (C(OH)–C–C–N with tert-alkyl or cyclic N) is 2. The summed E-state index contributed by atoms with van der Waals surface area (Å²) in [5.74, 6) is 1.51. The van der Waals surface area contributed by atoms with Crippen LogP contribution in [0, 0.1) is 6.92 Å². The van der Waals surface area contributed by atoms with Crippen LogP contribution < -0.4 is 0 Å². The second-order valence-corrected chi connectivity index (χ2v) is 5.09. The number of nitrogens with zero attached hydrogens (tertiary/aromatic N) is 2. The third kappa shape index (κ3) is 3.56. The molecule has 0 spiro atoms. The molecule has 1 fully saturated rings. The van der Waals surface area contributed by atoms with Gasteiger partial charge in [0.15, 0.2) is 0 Å². The van der Waals surface area contributed by atoms with Crippen LogP contribution in [-0.4, -0.2) is 64.8 Å². The molecule has 0 radical (unpaired) electrons. The highest BCUT2D eigenvalue weighted by molar-refractivity contribution is 5.78. The standard InChI is InChI=1S/C13H20N2O4/c1-9-3-4-10(19-9)5-14(2)13(18)8-15-6-11(16)12(17)7-15/h3-4,11-12,16-17H,5-8H2,1-2H3. The fraction of sp³-hybridized carbons (Fsp3) is 0.615. The average Bonchev–Trinajstić information content (AvgIpc) is 2.86. The maximum Gasteiger partial charge on any atom is 0.236 e. The molecule has 0 aliphatic carbocycles. The van der Waals surface area contributed by atoms with Crippen LogP contribution in [-0.2, 0) is 11.3 Å². The van der Waals surface area contributed by atoms with Gasteiger partial charge in [-0.1, -0.05) is 0 Å². The molecular formula is C13H20N2O4. The van der Waals surface area contributed by atoms with Gasteiger partial charge in [-0.25, -0.2) is 0 Å². The molecule has 0 aromatic carbocycles. The summed E-state index contributed by atoms with van der Waals surface area (Å²) in [6, 6.07) is 3.71. The van der Waals surface area contributed by atoms with Crippen molar-refractivity contribution < 1.29 is 19.4 Å². The third-order valence-corrected chi connectivity index (χ3v) is 3.31. The van der Waals surface area contributed by atoms with Crippen molar-refractivity contribution in [3.05, 3.63) is 23.7 Å². The van der Waals surface area contributed by atoms with Gasteiger partial charge in [-0.2, -0.15) is 0 Å². The van der Waals surface area contributed by atoms with Gasteiger partial charge in [0.25, 0.3) is 0 Å². The Balaban J connectivity index is 1.83. The lowest BCUT2D eigenvalue weighted by molar-refractivity contribution is -0.131. The number of aryl methyl sites for hydroxylation is 1. The number of likely N-dealkylation sites (N-methyl/N-ethyl adjacent to an activating group) is 1. The number of amides is 1. The molecule has 1 aliphatic heterocycles. The predicted octanol–water partition coefficient (Wildman–Crippen LogP) is -0.416. The van der Waals surface area contributed by atoms with Crippen LogP contribution >= 0.6 is 0 Å². The Morgan fingerprint density at radius 1 is 1.42 bits per heavy atom. The topological polar surface area (TPSA) is 77.2 Å². The van der Waals surface area contributed by atoms with E-state index in [9.17, 15) is 15.0 Å². The van der Waals surface area contributed by atoms with Crippen molar-refractivity contribution in [3.8, 4) is 0 Å². The SMILES string of the molecule is Cc1ccc(CN(C)C(=O)CN2CC(O)C(O)C2)o1. The van der Waals surface area contributed by atoms with Crippen LogP contribution in [0.15, 0.2) is 16.5 Å². The van der Waals surface area contributed by atoms with Crippen LogP contribution in [0.1, 0.15) is 11.5 Å². The number of aliphatic hydroxyl groups excluding tert-OH is 2. The van der Waals surface area contributed by atoms with E-state index in [4.69, 9.17) is 4.42 Å². The lowest BCUT2D eigenvalue weighted by atomic mass is 10.3. The van der Waals surface area contributed by atoms with E-state index in [0.29, 0.717) is 19.6 Å². The maximum atomic E-state index is 12.0. The molecule has 2 unspecified atom stereocenters. The molecule has 19 heavy (non-hydrogen) atoms. The van der Waals surface area contributed by atoms with E-state index in [1.807, 2.05) is 19.1 Å². The summed E-state index contributed by atoms with van der Waals surface area (Å²) in [4.78, 5) is 15.3. The number of likely N-dealkylation sites (tertiary alicyclic amines) is 1. The lowest BCUT2D eigenvalue weighted by Gasteiger charge is -2.20. The van der Waals surface area contributed by atoms with Gasteiger partial charge in [-0.05, 0) is 19.1 Å². The summed E-state index contributed by atoms with van der Waals surface area (Å²) in [6.45, 7) is 3.15. The van der Waals surface area contributed by atoms with Crippen LogP contribution in [0.4, 0.5) is 0 Å². The van der Waals surface area contributed by atoms with E-state index in [0.717, 1.165) is 11.5 Å². The smallest absolute Gasteiger partial charge is 0.236 e. The van der Waals surface area contributed by atoms with Crippen LogP contribution in [0.5, 0.6) is 0 Å². The summed E-state index contributed by atoms with van der Waals surface area (Å²) < 4.78 is 5.42. The molecule has 1 amide bonds. The number of furan rings is 1. The minimum atomic E-state index is -0.758. The molecule has 106 valence electrons. The highest BCUT2D eigenvalue weighted by Crippen LogP contribution is 2.12. The Morgan fingerprint density at radius 3 is 2.58 bits per heavy atom. The van der Waals surface area contributed by atoms with E-state index in [-0.39, 0.29) is 12.5 Å². The first-order chi connectivity index (χ1) is 8.95. The van der Waals surface area contributed by atoms with Crippen LogP contribution in [0.2, 0.25) is 0 Å². The average molecular weight is 268 g/mol. The zero-order chi connectivity index (χ0) is 14.0. The first-order valence-electron chi connectivity index (χ1n) is 6.33. The zero-order valence-electron chi connectivity index (χ0n) is 11.2. The van der Waals surface area contributed by atoms with Crippen molar-refractivity contribution in [2.24, 2.45) is 0 Å². The fourth-order valence-electron chi connectivity index (χ4n) is 2.18. The van der Waals surface area contributed by atoms with Crippen molar-refractivity contribution >= 4 is 5.91 Å². The number of carbonyl (C=O) groups excluding carboxylic acids is 1. The van der Waals surface area contributed by atoms with Gasteiger partial charge >= 0.3 is 0 Å². The molecule has 1 aromatic heterocycles. The normalized spacial score (nSPS) is 23.8. The summed E-state index contributed by atoms with van der Waals surface area (Å²) in [5, 5.41) is 18.9. The predicted molar refractivity (Wildman–Crippen MR) is 68.4 cm³/mol. The molecule has 2 heterocycles. The Labute approximate surface area is 112 Å². The lowest BCUT2D eigenvalue weighted by Crippen LogP contribution is -2.37. The van der Waals surface area contributed by atoms with Gasteiger partial charge in [0.05, 0.1) is 25.3 Å². The summed E-state index contributed by atoms with van der Waals surface area (Å²) in [6.07, 6.45) is -1.52. The molecule has 2 atom stereocenters. The quantitative estimate of drug-likeness (QED) is 0.776. The molecule has 0 bridgehead atoms. The van der Waals surface area contributed by atoms with Crippen molar-refractivity contribution in [2.45, 2.75) is 25.7 Å². The number of carbonyl (C=O) groups is 1. The first kappa shape index (κ1) is 14.0. The van der Waals surface area contributed by atoms with E-state index in [2.05, 4.69) is 0 Å². The van der Waals surface area contributed by atoms with E-state index in [1.165, 1.54) is 0 Å². The third-order valence-electron chi connectivity index (χ3n) is 3.31. The molecule has 2 N–H and O–H groups in total. The second-order valence-electron chi connectivity index (χ2n) is 5.09.